The van der Waals surface area contributed by atoms with Gasteiger partial charge in [0, 0.05) is 50.7 Å². The second-order valence-electron chi connectivity index (χ2n) is 8.99. The topological polar surface area (TPSA) is 95.1 Å². The number of aliphatic imine (C=N–C) groups is 1. The number of hydrogen-bond donors (Lipinski definition) is 3. The molecule has 3 N–H and O–H groups in total. The summed E-state index contributed by atoms with van der Waals surface area (Å²) in [5.41, 5.74) is -0.338. The normalized spacial score (nSPS) is 22.1. The minimum atomic E-state index is -3.26. The quantitative estimate of drug-likeness (QED) is 0.399. The fourth-order valence-corrected chi connectivity index (χ4v) is 5.34. The van der Waals surface area contributed by atoms with Crippen molar-refractivity contribution in [2.75, 3.05) is 59.2 Å². The van der Waals surface area contributed by atoms with Crippen LogP contribution in [0, 0.1) is 5.41 Å². The molecule has 8 nitrogen and oxygen atoms in total. The molecule has 2 rings (SSSR count). The van der Waals surface area contributed by atoms with Gasteiger partial charge in [-0.15, -0.1) is 0 Å². The Bertz CT molecular complexity index is 609. The van der Waals surface area contributed by atoms with Gasteiger partial charge in [-0.1, -0.05) is 19.3 Å². The SMILES string of the molecule is CN=C(NCC1(CN2CCOCC2)CCCCC1)NCC(C)(C)NS(C)(=O)=O. The van der Waals surface area contributed by atoms with Crippen LogP contribution < -0.4 is 15.4 Å². The zero-order valence-electron chi connectivity index (χ0n) is 18.0. The average molecular weight is 418 g/mol. The largest absolute Gasteiger partial charge is 0.379 e. The van der Waals surface area contributed by atoms with E-state index in [1.165, 1.54) is 38.4 Å². The van der Waals surface area contributed by atoms with E-state index < -0.39 is 15.6 Å². The molecule has 1 saturated heterocycles. The minimum Gasteiger partial charge on any atom is -0.379 e. The highest BCUT2D eigenvalue weighted by atomic mass is 32.2. The van der Waals surface area contributed by atoms with Crippen molar-refractivity contribution in [1.82, 2.24) is 20.3 Å². The number of rotatable bonds is 8. The highest BCUT2D eigenvalue weighted by Crippen LogP contribution is 2.36. The van der Waals surface area contributed by atoms with E-state index in [0.717, 1.165) is 45.4 Å². The van der Waals surface area contributed by atoms with Crippen molar-refractivity contribution in [3.63, 3.8) is 0 Å². The van der Waals surface area contributed by atoms with Crippen LogP contribution in [0.25, 0.3) is 0 Å². The Hall–Kier alpha value is -0.900. The molecule has 0 aromatic carbocycles. The predicted molar refractivity (Wildman–Crippen MR) is 114 cm³/mol. The van der Waals surface area contributed by atoms with Gasteiger partial charge in [-0.3, -0.25) is 9.89 Å². The lowest BCUT2D eigenvalue weighted by atomic mass is 9.73. The maximum Gasteiger partial charge on any atom is 0.209 e. The van der Waals surface area contributed by atoms with Gasteiger partial charge in [0.05, 0.1) is 19.5 Å². The molecule has 0 bridgehead atoms. The number of nitrogens with zero attached hydrogens (tertiary/aromatic N) is 2. The molecule has 0 amide bonds. The molecule has 0 aromatic heterocycles. The predicted octanol–water partition coefficient (Wildman–Crippen LogP) is 0.762. The number of sulfonamides is 1. The molecule has 0 spiro atoms. The van der Waals surface area contributed by atoms with Crippen molar-refractivity contribution >= 4 is 16.0 Å². The molecule has 1 heterocycles. The van der Waals surface area contributed by atoms with Crippen LogP contribution in [0.2, 0.25) is 0 Å². The van der Waals surface area contributed by atoms with Gasteiger partial charge in [0.1, 0.15) is 0 Å². The summed E-state index contributed by atoms with van der Waals surface area (Å²) in [7, 11) is -1.51. The lowest BCUT2D eigenvalue weighted by Crippen LogP contribution is -2.55. The molecule has 28 heavy (non-hydrogen) atoms. The summed E-state index contributed by atoms with van der Waals surface area (Å²) >= 11 is 0. The summed E-state index contributed by atoms with van der Waals surface area (Å²) in [6.07, 6.45) is 7.53. The van der Waals surface area contributed by atoms with Crippen molar-refractivity contribution in [2.24, 2.45) is 10.4 Å². The van der Waals surface area contributed by atoms with Crippen LogP contribution >= 0.6 is 0 Å². The van der Waals surface area contributed by atoms with E-state index in [-0.39, 0.29) is 5.41 Å². The molecule has 0 aromatic rings. The van der Waals surface area contributed by atoms with Gasteiger partial charge in [-0.25, -0.2) is 13.1 Å². The lowest BCUT2D eigenvalue weighted by molar-refractivity contribution is 0.00820. The molecular formula is C19H39N5O3S. The lowest BCUT2D eigenvalue weighted by Gasteiger charge is -2.42. The molecule has 2 fully saturated rings. The van der Waals surface area contributed by atoms with Crippen LogP contribution in [0.4, 0.5) is 0 Å². The Morgan fingerprint density at radius 1 is 1.14 bits per heavy atom. The summed E-state index contributed by atoms with van der Waals surface area (Å²) in [5, 5.41) is 6.78. The number of guanidine groups is 1. The van der Waals surface area contributed by atoms with Crippen LogP contribution in [0.1, 0.15) is 46.0 Å². The number of nitrogens with one attached hydrogen (secondary N) is 3. The Kier molecular flexibility index (Phi) is 8.54. The van der Waals surface area contributed by atoms with Crippen molar-refractivity contribution in [3.05, 3.63) is 0 Å². The van der Waals surface area contributed by atoms with Crippen molar-refractivity contribution in [1.29, 1.82) is 0 Å². The molecule has 0 unspecified atom stereocenters. The van der Waals surface area contributed by atoms with Crippen LogP contribution in [0.5, 0.6) is 0 Å². The van der Waals surface area contributed by atoms with Crippen LogP contribution in [0.3, 0.4) is 0 Å². The maximum atomic E-state index is 11.5. The maximum absolute atomic E-state index is 11.5. The standard InChI is InChI=1S/C19H39N5O3S/c1-18(2,23-28(4,25)26)14-21-17(20-3)22-15-19(8-6-5-7-9-19)16-24-10-12-27-13-11-24/h23H,5-16H2,1-4H3,(H2,20,21,22). The number of hydrogen-bond acceptors (Lipinski definition) is 5. The summed E-state index contributed by atoms with van der Waals surface area (Å²) in [6.45, 7) is 9.83. The smallest absolute Gasteiger partial charge is 0.209 e. The molecule has 0 atom stereocenters. The van der Waals surface area contributed by atoms with Gasteiger partial charge in [-0.05, 0) is 26.7 Å². The van der Waals surface area contributed by atoms with Crippen molar-refractivity contribution in [3.8, 4) is 0 Å². The fraction of sp³-hybridized carbons (Fsp3) is 0.947. The third-order valence-electron chi connectivity index (χ3n) is 5.59. The molecule has 1 aliphatic carbocycles. The molecule has 9 heteroatoms. The first-order chi connectivity index (χ1) is 13.1. The highest BCUT2D eigenvalue weighted by Gasteiger charge is 2.34. The minimum absolute atomic E-state index is 0.258. The van der Waals surface area contributed by atoms with Gasteiger partial charge >= 0.3 is 0 Å². The second kappa shape index (κ2) is 10.2. The van der Waals surface area contributed by atoms with Gasteiger partial charge in [0.15, 0.2) is 5.96 Å². The van der Waals surface area contributed by atoms with Crippen LogP contribution in [-0.2, 0) is 14.8 Å². The van der Waals surface area contributed by atoms with Gasteiger partial charge < -0.3 is 15.4 Å². The van der Waals surface area contributed by atoms with E-state index in [4.69, 9.17) is 4.74 Å². The molecule has 0 radical (unpaired) electrons. The van der Waals surface area contributed by atoms with E-state index in [1.54, 1.807) is 7.05 Å². The van der Waals surface area contributed by atoms with E-state index in [2.05, 4.69) is 25.2 Å². The highest BCUT2D eigenvalue weighted by molar-refractivity contribution is 7.88. The Morgan fingerprint density at radius 3 is 2.36 bits per heavy atom. The van der Waals surface area contributed by atoms with Crippen LogP contribution in [0.15, 0.2) is 4.99 Å². The van der Waals surface area contributed by atoms with E-state index in [1.807, 2.05) is 13.8 Å². The van der Waals surface area contributed by atoms with Crippen molar-refractivity contribution in [2.45, 2.75) is 51.5 Å². The number of ether oxygens (including phenoxy) is 1. The first kappa shape index (κ1) is 23.4. The van der Waals surface area contributed by atoms with Gasteiger partial charge in [0.2, 0.25) is 10.0 Å². The molecule has 1 saturated carbocycles. The number of morpholine rings is 1. The summed E-state index contributed by atoms with van der Waals surface area (Å²) < 4.78 is 31.2. The zero-order chi connectivity index (χ0) is 20.7. The third-order valence-corrected chi connectivity index (χ3v) is 6.51. The molecule has 164 valence electrons. The van der Waals surface area contributed by atoms with Gasteiger partial charge in [-0.2, -0.15) is 0 Å². The van der Waals surface area contributed by atoms with E-state index >= 15 is 0 Å². The summed E-state index contributed by atoms with van der Waals surface area (Å²) in [5.74, 6) is 0.718. The fourth-order valence-electron chi connectivity index (χ4n) is 4.26. The van der Waals surface area contributed by atoms with Gasteiger partial charge in [0.25, 0.3) is 0 Å². The second-order valence-corrected chi connectivity index (χ2v) is 10.7. The van der Waals surface area contributed by atoms with Crippen molar-refractivity contribution < 1.29 is 13.2 Å². The first-order valence-electron chi connectivity index (χ1n) is 10.4. The third kappa shape index (κ3) is 8.23. The zero-order valence-corrected chi connectivity index (χ0v) is 18.8. The van der Waals surface area contributed by atoms with E-state index in [0.29, 0.717) is 6.54 Å². The first-order valence-corrected chi connectivity index (χ1v) is 12.3. The Morgan fingerprint density at radius 2 is 1.79 bits per heavy atom. The molecule has 2 aliphatic rings. The van der Waals surface area contributed by atoms with E-state index in [9.17, 15) is 8.42 Å². The molecular weight excluding hydrogens is 378 g/mol. The monoisotopic (exact) mass is 417 g/mol. The summed E-state index contributed by atoms with van der Waals surface area (Å²) in [4.78, 5) is 6.87. The van der Waals surface area contributed by atoms with Crippen LogP contribution in [-0.4, -0.2) is 84.1 Å². The molecule has 1 aliphatic heterocycles. The average Bonchev–Trinajstić information content (AvgIpc) is 2.61. The summed E-state index contributed by atoms with van der Waals surface area (Å²) in [6, 6.07) is 0. The Labute approximate surface area is 170 Å². The Balaban J connectivity index is 1.90.